The summed E-state index contributed by atoms with van der Waals surface area (Å²) in [5.41, 5.74) is 1.19. The first-order valence-corrected chi connectivity index (χ1v) is 22.1. The molecule has 1 aromatic heterocycles. The number of amides is 2. The highest BCUT2D eigenvalue weighted by Crippen LogP contribution is 2.45. The molecule has 0 radical (unpaired) electrons. The summed E-state index contributed by atoms with van der Waals surface area (Å²) in [4.78, 5) is 83.9. The number of carbonyl (C=O) groups excluding carboxylic acids is 2. The first-order valence-electron chi connectivity index (χ1n) is 21.3. The monoisotopic (exact) mass is 990 g/mol. The molecule has 0 fully saturated rings. The molecule has 354 valence electrons. The Morgan fingerprint density at radius 3 is 2.17 bits per heavy atom. The number of phenolic OH excluding ortho intramolecular Hbond substituents is 1. The van der Waals surface area contributed by atoms with Gasteiger partial charge in [-0.05, 0) is 83.1 Å². The van der Waals surface area contributed by atoms with E-state index < -0.39 is 40.7 Å². The SMILES string of the molecule is C=c1ccc2c(c1)Oc1cc(N(C)C)ccc1C=2c1c(Cl)cc(C(=O)NCc2ccc(C(=O)NCc3c4oc5cc(O)ccc5c(-c5ccc(C(=O)O)cc5C(=O)O)c-4ccc3=O)nc2)c(Cl)c1C(=O)O. The van der Waals surface area contributed by atoms with Gasteiger partial charge in [0.1, 0.15) is 34.3 Å². The minimum absolute atomic E-state index is 0.0224. The maximum absolute atomic E-state index is 13.7. The zero-order chi connectivity index (χ0) is 50.6. The number of pyridine rings is 1. The number of hydrogen-bond acceptors (Lipinski definition) is 11. The van der Waals surface area contributed by atoms with Gasteiger partial charge in [-0.15, -0.1) is 0 Å². The third-order valence-corrected chi connectivity index (χ3v) is 12.5. The molecule has 2 aliphatic heterocycles. The fraction of sp³-hybridized carbons (Fsp3) is 0.0755. The largest absolute Gasteiger partial charge is 0.508 e. The van der Waals surface area contributed by atoms with Crippen LogP contribution in [0.4, 0.5) is 5.69 Å². The zero-order valence-corrected chi connectivity index (χ0v) is 38.7. The van der Waals surface area contributed by atoms with E-state index in [4.69, 9.17) is 32.4 Å². The summed E-state index contributed by atoms with van der Waals surface area (Å²) in [6, 6.07) is 25.3. The summed E-state index contributed by atoms with van der Waals surface area (Å²) < 4.78 is 12.4. The predicted molar refractivity (Wildman–Crippen MR) is 264 cm³/mol. The molecule has 16 nitrogen and oxygen atoms in total. The first-order chi connectivity index (χ1) is 33.9. The smallest absolute Gasteiger partial charge is 0.337 e. The zero-order valence-electron chi connectivity index (χ0n) is 37.2. The van der Waals surface area contributed by atoms with E-state index in [2.05, 4.69) is 22.2 Å². The second kappa shape index (κ2) is 18.5. The summed E-state index contributed by atoms with van der Waals surface area (Å²) >= 11 is 13.7. The number of phenols is 1. The number of aromatic nitrogens is 1. The van der Waals surface area contributed by atoms with E-state index in [0.29, 0.717) is 44.0 Å². The van der Waals surface area contributed by atoms with E-state index in [9.17, 15) is 49.2 Å². The molecule has 6 aromatic rings. The van der Waals surface area contributed by atoms with Gasteiger partial charge in [0.2, 0.25) is 0 Å². The van der Waals surface area contributed by atoms with Crippen LogP contribution < -0.4 is 36.1 Å². The minimum Gasteiger partial charge on any atom is -0.508 e. The molecule has 3 heterocycles. The molecule has 0 saturated carbocycles. The van der Waals surface area contributed by atoms with Gasteiger partial charge in [0.25, 0.3) is 11.8 Å². The van der Waals surface area contributed by atoms with E-state index in [-0.39, 0.29) is 90.4 Å². The van der Waals surface area contributed by atoms with Crippen LogP contribution in [-0.2, 0) is 13.1 Å². The maximum Gasteiger partial charge on any atom is 0.337 e. The van der Waals surface area contributed by atoms with Crippen LogP contribution in [0.25, 0.3) is 45.6 Å². The van der Waals surface area contributed by atoms with Gasteiger partial charge in [-0.2, -0.15) is 0 Å². The number of anilines is 1. The number of carboxylic acid groups (broad SMARTS) is 3. The van der Waals surface area contributed by atoms with E-state index >= 15 is 0 Å². The minimum atomic E-state index is -1.43. The lowest BCUT2D eigenvalue weighted by molar-refractivity contribution is 0.0682. The van der Waals surface area contributed by atoms with E-state index in [1.807, 2.05) is 31.1 Å². The Kier molecular flexibility index (Phi) is 12.3. The van der Waals surface area contributed by atoms with Crippen molar-refractivity contribution in [3.05, 3.63) is 190 Å². The van der Waals surface area contributed by atoms with Crippen molar-refractivity contribution in [2.75, 3.05) is 19.0 Å². The third kappa shape index (κ3) is 8.73. The number of fused-ring (bicyclic) bond motifs is 4. The number of carbonyl (C=O) groups is 5. The van der Waals surface area contributed by atoms with Gasteiger partial charge in [0, 0.05) is 83.1 Å². The van der Waals surface area contributed by atoms with E-state index in [1.54, 1.807) is 24.3 Å². The van der Waals surface area contributed by atoms with Crippen molar-refractivity contribution in [3.63, 3.8) is 0 Å². The number of nitrogens with one attached hydrogen (secondary N) is 2. The van der Waals surface area contributed by atoms with Gasteiger partial charge < -0.3 is 45.1 Å². The molecule has 0 bridgehead atoms. The van der Waals surface area contributed by atoms with Gasteiger partial charge in [-0.3, -0.25) is 19.4 Å². The Hall–Kier alpha value is -8.99. The molecule has 0 atom stereocenters. The number of halogens is 2. The number of aromatic carboxylic acids is 3. The standard InChI is InChI=1S/C53H36Cl2N4O12/c1-24-4-9-31-40(16-24)70-41-18-27(59(2)3)7-11-32(41)44(31)45-37(54)20-35(47(55)46(45)53(68)69)49(62)57-22-25-5-14-38(56-21-25)50(63)58-23-36-39(61)15-13-33-43(30-12-8-28(60)19-42(30)71-48(33)36)29-10-6-26(51(64)65)17-34(29)52(66)67/h4-21,60H,1,22-23H2,2-3H3,(H,57,62)(H,58,63)(H,64,65)(H,66,67)(H,68,69). The van der Waals surface area contributed by atoms with Gasteiger partial charge in [-0.25, -0.2) is 14.4 Å². The van der Waals surface area contributed by atoms with E-state index in [0.717, 1.165) is 11.8 Å². The van der Waals surface area contributed by atoms with Gasteiger partial charge in [0.05, 0.1) is 44.4 Å². The van der Waals surface area contributed by atoms with Gasteiger partial charge in [-0.1, -0.05) is 54.0 Å². The van der Waals surface area contributed by atoms with E-state index in [1.165, 1.54) is 66.9 Å². The summed E-state index contributed by atoms with van der Waals surface area (Å²) in [6.07, 6.45) is 1.33. The lowest BCUT2D eigenvalue weighted by Gasteiger charge is -2.25. The molecule has 0 unspecified atom stereocenters. The average Bonchev–Trinajstić information content (AvgIpc) is 3.33. The first kappa shape index (κ1) is 47.1. The summed E-state index contributed by atoms with van der Waals surface area (Å²) in [6.45, 7) is 3.49. The lowest BCUT2D eigenvalue weighted by atomic mass is 9.88. The highest BCUT2D eigenvalue weighted by Gasteiger charge is 2.31. The second-order valence-corrected chi connectivity index (χ2v) is 17.3. The number of hydrogen-bond donors (Lipinski definition) is 6. The maximum atomic E-state index is 13.7. The Balaban J connectivity index is 0.955. The molecule has 0 saturated heterocycles. The molecule has 3 aliphatic rings. The number of aromatic hydroxyl groups is 1. The molecule has 0 spiro atoms. The van der Waals surface area contributed by atoms with Crippen molar-refractivity contribution in [2.24, 2.45) is 0 Å². The van der Waals surface area contributed by atoms with Crippen LogP contribution in [0.1, 0.15) is 74.2 Å². The van der Waals surface area contributed by atoms with Crippen LogP contribution >= 0.6 is 23.2 Å². The normalized spacial score (nSPS) is 11.6. The summed E-state index contributed by atoms with van der Waals surface area (Å²) in [5.74, 6) is -4.99. The van der Waals surface area contributed by atoms with Crippen LogP contribution in [0.2, 0.25) is 10.0 Å². The highest BCUT2D eigenvalue weighted by atomic mass is 35.5. The van der Waals surface area contributed by atoms with Crippen LogP contribution in [0.5, 0.6) is 17.2 Å². The van der Waals surface area contributed by atoms with Crippen LogP contribution in [0.3, 0.4) is 0 Å². The number of rotatable bonds is 12. The quantitative estimate of drug-likeness (QED) is 0.0641. The number of ether oxygens (including phenoxy) is 1. The van der Waals surface area contributed by atoms with Crippen molar-refractivity contribution >= 4 is 81.7 Å². The van der Waals surface area contributed by atoms with Crippen molar-refractivity contribution in [1.29, 1.82) is 0 Å². The number of carboxylic acids is 3. The molecule has 18 heteroatoms. The molecule has 1 aliphatic carbocycles. The molecule has 2 amide bonds. The lowest BCUT2D eigenvalue weighted by Crippen LogP contribution is -2.27. The predicted octanol–water partition coefficient (Wildman–Crippen LogP) is 7.76. The summed E-state index contributed by atoms with van der Waals surface area (Å²) in [7, 11) is 3.74. The fourth-order valence-corrected chi connectivity index (χ4v) is 9.03. The van der Waals surface area contributed by atoms with Gasteiger partial charge in [0.15, 0.2) is 5.43 Å². The molecule has 71 heavy (non-hydrogen) atoms. The van der Waals surface area contributed by atoms with Crippen LogP contribution in [0, 0.1) is 0 Å². The van der Waals surface area contributed by atoms with Crippen LogP contribution in [-0.4, -0.2) is 69.2 Å². The third-order valence-electron chi connectivity index (χ3n) is 11.8. The van der Waals surface area contributed by atoms with Gasteiger partial charge >= 0.3 is 17.9 Å². The Bertz CT molecular complexity index is 3780. The molecule has 9 rings (SSSR count). The van der Waals surface area contributed by atoms with Crippen molar-refractivity contribution < 1.29 is 53.6 Å². The molecule has 6 N–H and O–H groups in total. The van der Waals surface area contributed by atoms with Crippen molar-refractivity contribution in [3.8, 4) is 39.7 Å². The number of benzene rings is 6. The number of nitrogens with zero attached hydrogens (tertiary/aromatic N) is 2. The average molecular weight is 992 g/mol. The second-order valence-electron chi connectivity index (χ2n) is 16.5. The molecular formula is C53H36Cl2N4O12. The highest BCUT2D eigenvalue weighted by molar-refractivity contribution is 6.40. The molecule has 5 aromatic carbocycles. The Labute approximate surface area is 411 Å². The van der Waals surface area contributed by atoms with Crippen LogP contribution in [0.15, 0.2) is 119 Å². The fourth-order valence-electron chi connectivity index (χ4n) is 8.42. The van der Waals surface area contributed by atoms with Crippen molar-refractivity contribution in [2.45, 2.75) is 13.1 Å². The topological polar surface area (TPSA) is 246 Å². The van der Waals surface area contributed by atoms with Crippen molar-refractivity contribution in [1.82, 2.24) is 15.6 Å². The summed E-state index contributed by atoms with van der Waals surface area (Å²) in [5, 5.41) is 47.1. The Morgan fingerprint density at radius 2 is 1.46 bits per heavy atom. The molecular weight excluding hydrogens is 956 g/mol. The Morgan fingerprint density at radius 1 is 0.718 bits per heavy atom.